The molecule has 0 amide bonds. The van der Waals surface area contributed by atoms with Gasteiger partial charge in [-0.15, -0.1) is 23.1 Å². The quantitative estimate of drug-likeness (QED) is 0.780. The van der Waals surface area contributed by atoms with Gasteiger partial charge in [0.1, 0.15) is 5.01 Å². The molecule has 0 atom stereocenters. The molecule has 0 spiro atoms. The summed E-state index contributed by atoms with van der Waals surface area (Å²) < 4.78 is 0. The van der Waals surface area contributed by atoms with Crippen molar-refractivity contribution in [3.05, 3.63) is 44.9 Å². The smallest absolute Gasteiger partial charge is 0.103 e. The van der Waals surface area contributed by atoms with E-state index in [2.05, 4.69) is 11.4 Å². The molecule has 1 aromatic heterocycles. The van der Waals surface area contributed by atoms with Crippen molar-refractivity contribution in [2.24, 2.45) is 0 Å². The van der Waals surface area contributed by atoms with E-state index in [0.717, 1.165) is 22.2 Å². The van der Waals surface area contributed by atoms with Crippen LogP contribution in [0.15, 0.2) is 29.2 Å². The number of nitrogens with zero attached hydrogens (tertiary/aromatic N) is 1. The number of thioether (sulfide) groups is 1. The fourth-order valence-corrected chi connectivity index (χ4v) is 4.54. The van der Waals surface area contributed by atoms with Crippen LogP contribution in [0.3, 0.4) is 0 Å². The van der Waals surface area contributed by atoms with E-state index in [4.69, 9.17) is 16.6 Å². The van der Waals surface area contributed by atoms with Gasteiger partial charge in [0.15, 0.2) is 0 Å². The first kappa shape index (κ1) is 14.4. The standard InChI is InChI=1S/C15H17ClN2S2/c1-17-8-13-15(10-6-7-10)18-14(20-13)9-19-12-5-3-2-4-11(12)16/h2-5,10,17H,6-9H2,1H3. The molecule has 1 heterocycles. The highest BCUT2D eigenvalue weighted by atomic mass is 35.5. The average Bonchev–Trinajstić information content (AvgIpc) is 3.21. The molecule has 0 radical (unpaired) electrons. The number of thiazole rings is 1. The van der Waals surface area contributed by atoms with E-state index in [1.54, 1.807) is 11.8 Å². The zero-order valence-electron chi connectivity index (χ0n) is 11.4. The van der Waals surface area contributed by atoms with Crippen LogP contribution in [0.25, 0.3) is 0 Å². The van der Waals surface area contributed by atoms with Crippen molar-refractivity contribution in [2.75, 3.05) is 7.05 Å². The van der Waals surface area contributed by atoms with Gasteiger partial charge in [-0.1, -0.05) is 23.7 Å². The van der Waals surface area contributed by atoms with Gasteiger partial charge < -0.3 is 5.32 Å². The molecule has 106 valence electrons. The predicted molar refractivity (Wildman–Crippen MR) is 87.9 cm³/mol. The summed E-state index contributed by atoms with van der Waals surface area (Å²) in [5, 5.41) is 5.28. The van der Waals surface area contributed by atoms with E-state index in [1.807, 2.05) is 36.6 Å². The molecule has 1 aliphatic rings. The highest BCUT2D eigenvalue weighted by Gasteiger charge is 2.29. The predicted octanol–water partition coefficient (Wildman–Crippen LogP) is 4.69. The van der Waals surface area contributed by atoms with Crippen LogP contribution in [-0.2, 0) is 12.3 Å². The van der Waals surface area contributed by atoms with Gasteiger partial charge in [-0.3, -0.25) is 0 Å². The van der Waals surface area contributed by atoms with Gasteiger partial charge in [0, 0.05) is 22.2 Å². The first-order valence-electron chi connectivity index (χ1n) is 6.78. The molecule has 1 aliphatic carbocycles. The monoisotopic (exact) mass is 324 g/mol. The van der Waals surface area contributed by atoms with E-state index < -0.39 is 0 Å². The lowest BCUT2D eigenvalue weighted by Crippen LogP contribution is -2.05. The molecule has 0 unspecified atom stereocenters. The van der Waals surface area contributed by atoms with Gasteiger partial charge in [-0.2, -0.15) is 0 Å². The fourth-order valence-electron chi connectivity index (χ4n) is 2.14. The number of nitrogens with one attached hydrogen (secondary N) is 1. The Balaban J connectivity index is 1.71. The summed E-state index contributed by atoms with van der Waals surface area (Å²) in [6, 6.07) is 7.99. The number of rotatable bonds is 6. The van der Waals surface area contributed by atoms with E-state index >= 15 is 0 Å². The number of aromatic nitrogens is 1. The molecule has 3 rings (SSSR count). The van der Waals surface area contributed by atoms with Crippen molar-refractivity contribution in [2.45, 2.75) is 36.0 Å². The molecule has 1 fully saturated rings. The van der Waals surface area contributed by atoms with Crippen molar-refractivity contribution in [3.8, 4) is 0 Å². The Bertz CT molecular complexity index is 593. The van der Waals surface area contributed by atoms with Gasteiger partial charge >= 0.3 is 0 Å². The Morgan fingerprint density at radius 1 is 1.40 bits per heavy atom. The van der Waals surface area contributed by atoms with E-state index in [9.17, 15) is 0 Å². The summed E-state index contributed by atoms with van der Waals surface area (Å²) in [6.07, 6.45) is 2.61. The molecular weight excluding hydrogens is 308 g/mol. The minimum Gasteiger partial charge on any atom is -0.315 e. The number of halogens is 1. The average molecular weight is 325 g/mol. The summed E-state index contributed by atoms with van der Waals surface area (Å²) in [5.74, 6) is 1.62. The lowest BCUT2D eigenvalue weighted by atomic mass is 10.2. The molecule has 1 saturated carbocycles. The van der Waals surface area contributed by atoms with E-state index in [1.165, 1.54) is 28.4 Å². The first-order valence-corrected chi connectivity index (χ1v) is 8.96. The molecule has 5 heteroatoms. The molecule has 1 aromatic carbocycles. The number of benzene rings is 1. The zero-order chi connectivity index (χ0) is 13.9. The molecule has 1 N–H and O–H groups in total. The second-order valence-corrected chi connectivity index (χ2v) is 7.53. The molecule has 2 aromatic rings. The lowest BCUT2D eigenvalue weighted by Gasteiger charge is -2.01. The highest BCUT2D eigenvalue weighted by molar-refractivity contribution is 7.98. The number of hydrogen-bond acceptors (Lipinski definition) is 4. The van der Waals surface area contributed by atoms with Gasteiger partial charge in [-0.25, -0.2) is 4.98 Å². The first-order chi connectivity index (χ1) is 9.78. The summed E-state index contributed by atoms with van der Waals surface area (Å²) in [7, 11) is 1.99. The molecule has 0 bridgehead atoms. The van der Waals surface area contributed by atoms with Gasteiger partial charge in [0.2, 0.25) is 0 Å². The normalized spacial score (nSPS) is 14.7. The van der Waals surface area contributed by atoms with Crippen LogP contribution in [0, 0.1) is 0 Å². The largest absolute Gasteiger partial charge is 0.315 e. The Morgan fingerprint density at radius 3 is 2.90 bits per heavy atom. The van der Waals surface area contributed by atoms with Crippen LogP contribution in [0.1, 0.15) is 34.3 Å². The topological polar surface area (TPSA) is 24.9 Å². The Morgan fingerprint density at radius 2 is 2.20 bits per heavy atom. The Kier molecular flexibility index (Phi) is 4.66. The van der Waals surface area contributed by atoms with Crippen LogP contribution in [0.4, 0.5) is 0 Å². The van der Waals surface area contributed by atoms with Crippen LogP contribution >= 0.6 is 34.7 Å². The third-order valence-electron chi connectivity index (χ3n) is 3.26. The van der Waals surface area contributed by atoms with Crippen molar-refractivity contribution in [3.63, 3.8) is 0 Å². The minimum atomic E-state index is 0.716. The second-order valence-electron chi connectivity index (χ2n) is 4.94. The summed E-state index contributed by atoms with van der Waals surface area (Å²) in [5.41, 5.74) is 1.33. The van der Waals surface area contributed by atoms with E-state index in [0.29, 0.717) is 5.92 Å². The number of hydrogen-bond donors (Lipinski definition) is 1. The molecule has 0 saturated heterocycles. The molecule has 2 nitrogen and oxygen atoms in total. The lowest BCUT2D eigenvalue weighted by molar-refractivity contribution is 0.812. The summed E-state index contributed by atoms with van der Waals surface area (Å²) in [4.78, 5) is 7.39. The Labute approximate surface area is 133 Å². The van der Waals surface area contributed by atoms with E-state index in [-0.39, 0.29) is 0 Å². The minimum absolute atomic E-state index is 0.716. The molecular formula is C15H17ClN2S2. The van der Waals surface area contributed by atoms with Crippen LogP contribution < -0.4 is 5.32 Å². The maximum atomic E-state index is 6.19. The molecule has 20 heavy (non-hydrogen) atoms. The maximum Gasteiger partial charge on any atom is 0.103 e. The third-order valence-corrected chi connectivity index (χ3v) is 6.04. The highest BCUT2D eigenvalue weighted by Crippen LogP contribution is 2.43. The van der Waals surface area contributed by atoms with Crippen LogP contribution in [0.2, 0.25) is 5.02 Å². The van der Waals surface area contributed by atoms with Gasteiger partial charge in [-0.05, 0) is 32.0 Å². The second kappa shape index (κ2) is 6.48. The van der Waals surface area contributed by atoms with Crippen molar-refractivity contribution < 1.29 is 0 Å². The van der Waals surface area contributed by atoms with Crippen LogP contribution in [0.5, 0.6) is 0 Å². The molecule has 0 aliphatic heterocycles. The summed E-state index contributed by atoms with van der Waals surface area (Å²) in [6.45, 7) is 0.931. The van der Waals surface area contributed by atoms with Gasteiger partial charge in [0.25, 0.3) is 0 Å². The third kappa shape index (κ3) is 3.37. The Hall–Kier alpha value is -0.550. The SMILES string of the molecule is CNCc1sc(CSc2ccccc2Cl)nc1C1CC1. The van der Waals surface area contributed by atoms with Crippen molar-refractivity contribution in [1.29, 1.82) is 0 Å². The van der Waals surface area contributed by atoms with Gasteiger partial charge in [0.05, 0.1) is 16.5 Å². The van der Waals surface area contributed by atoms with Crippen LogP contribution in [-0.4, -0.2) is 12.0 Å². The maximum absolute atomic E-state index is 6.19. The van der Waals surface area contributed by atoms with Crippen molar-refractivity contribution in [1.82, 2.24) is 10.3 Å². The fraction of sp³-hybridized carbons (Fsp3) is 0.400. The summed E-state index contributed by atoms with van der Waals surface area (Å²) >= 11 is 9.80. The zero-order valence-corrected chi connectivity index (χ0v) is 13.7. The van der Waals surface area contributed by atoms with Crippen molar-refractivity contribution >= 4 is 34.7 Å².